The first-order valence-corrected chi connectivity index (χ1v) is 10.7. The highest BCUT2D eigenvalue weighted by Crippen LogP contribution is 2.25. The van der Waals surface area contributed by atoms with E-state index < -0.39 is 16.1 Å². The molecule has 152 valence electrons. The van der Waals surface area contributed by atoms with E-state index in [0.29, 0.717) is 12.2 Å². The van der Waals surface area contributed by atoms with Gasteiger partial charge in [0.15, 0.2) is 0 Å². The number of amides is 2. The van der Waals surface area contributed by atoms with E-state index in [-0.39, 0.29) is 10.9 Å². The molecule has 3 rings (SSSR count). The molecule has 1 aliphatic rings. The molecule has 0 aliphatic carbocycles. The zero-order chi connectivity index (χ0) is 20.1. The van der Waals surface area contributed by atoms with Crippen molar-refractivity contribution in [3.63, 3.8) is 0 Å². The minimum atomic E-state index is -3.56. The molecule has 1 saturated heterocycles. The van der Waals surface area contributed by atoms with Gasteiger partial charge in [-0.3, -0.25) is 4.90 Å². The summed E-state index contributed by atoms with van der Waals surface area (Å²) in [6.45, 7) is 2.34. The molecule has 2 N–H and O–H groups in total. The fourth-order valence-electron chi connectivity index (χ4n) is 3.25. The van der Waals surface area contributed by atoms with Crippen molar-refractivity contribution in [1.82, 2.24) is 14.5 Å². The third-order valence-corrected chi connectivity index (χ3v) is 6.59. The Hall–Kier alpha value is -2.36. The fraction of sp³-hybridized carbons (Fsp3) is 0.421. The van der Waals surface area contributed by atoms with E-state index in [1.807, 2.05) is 12.1 Å². The molecule has 28 heavy (non-hydrogen) atoms. The molecule has 1 unspecified atom stereocenters. The quantitative estimate of drug-likeness (QED) is 0.737. The third-order valence-electron chi connectivity index (χ3n) is 4.78. The first-order chi connectivity index (χ1) is 13.4. The number of anilines is 1. The number of rotatable bonds is 7. The summed E-state index contributed by atoms with van der Waals surface area (Å²) in [7, 11) is -0.624. The Morgan fingerprint density at radius 3 is 2.61 bits per heavy atom. The Bertz CT molecular complexity index is 890. The van der Waals surface area contributed by atoms with Crippen LogP contribution in [0.15, 0.2) is 52.0 Å². The number of hydrogen-bond acceptors (Lipinski definition) is 5. The summed E-state index contributed by atoms with van der Waals surface area (Å²) in [5, 5.41) is 5.57. The highest BCUT2D eigenvalue weighted by molar-refractivity contribution is 7.89. The van der Waals surface area contributed by atoms with Crippen molar-refractivity contribution in [3.8, 4) is 0 Å². The first-order valence-electron chi connectivity index (χ1n) is 9.23. The van der Waals surface area contributed by atoms with Crippen LogP contribution in [0, 0.1) is 0 Å². The van der Waals surface area contributed by atoms with Crippen LogP contribution in [0.1, 0.15) is 24.6 Å². The molecule has 1 aromatic carbocycles. The normalized spacial score (nSPS) is 16.2. The number of nitrogens with zero attached hydrogens (tertiary/aromatic N) is 2. The van der Waals surface area contributed by atoms with Gasteiger partial charge in [-0.2, -0.15) is 0 Å². The second-order valence-corrected chi connectivity index (χ2v) is 9.08. The Morgan fingerprint density at radius 1 is 1.21 bits per heavy atom. The van der Waals surface area contributed by atoms with E-state index in [9.17, 15) is 13.2 Å². The van der Waals surface area contributed by atoms with Crippen LogP contribution in [0.25, 0.3) is 0 Å². The Kier molecular flexibility index (Phi) is 6.38. The van der Waals surface area contributed by atoms with Crippen LogP contribution in [0.5, 0.6) is 0 Å². The molecular weight excluding hydrogens is 380 g/mol. The summed E-state index contributed by atoms with van der Waals surface area (Å²) in [5.41, 5.74) is 0.413. The molecular formula is C19H26N4O4S. The minimum Gasteiger partial charge on any atom is -0.468 e. The lowest BCUT2D eigenvalue weighted by Gasteiger charge is -2.26. The van der Waals surface area contributed by atoms with Crippen molar-refractivity contribution < 1.29 is 17.6 Å². The SMILES string of the molecule is CN(C)S(=O)(=O)c1cccc(NC(=O)NCC(c2ccco2)N2CCCC2)c1. The molecule has 1 aliphatic heterocycles. The number of hydrogen-bond donors (Lipinski definition) is 2. The Balaban J connectivity index is 1.64. The molecule has 2 heterocycles. The summed E-state index contributed by atoms with van der Waals surface area (Å²) in [5.74, 6) is 0.821. The van der Waals surface area contributed by atoms with Crippen LogP contribution in [-0.4, -0.2) is 57.4 Å². The molecule has 1 fully saturated rings. The van der Waals surface area contributed by atoms with Gasteiger partial charge < -0.3 is 15.1 Å². The van der Waals surface area contributed by atoms with E-state index >= 15 is 0 Å². The van der Waals surface area contributed by atoms with Crippen molar-refractivity contribution in [2.24, 2.45) is 0 Å². The average molecular weight is 407 g/mol. The van der Waals surface area contributed by atoms with E-state index in [4.69, 9.17) is 4.42 Å². The van der Waals surface area contributed by atoms with Crippen LogP contribution < -0.4 is 10.6 Å². The van der Waals surface area contributed by atoms with E-state index in [1.54, 1.807) is 18.4 Å². The van der Waals surface area contributed by atoms with Crippen LogP contribution in [0.2, 0.25) is 0 Å². The van der Waals surface area contributed by atoms with Gasteiger partial charge in [0.05, 0.1) is 17.2 Å². The maximum Gasteiger partial charge on any atom is 0.319 e. The van der Waals surface area contributed by atoms with Crippen molar-refractivity contribution in [1.29, 1.82) is 0 Å². The third kappa shape index (κ3) is 4.73. The molecule has 0 radical (unpaired) electrons. The number of nitrogens with one attached hydrogen (secondary N) is 2. The summed E-state index contributed by atoms with van der Waals surface area (Å²) in [6.07, 6.45) is 3.91. The van der Waals surface area contributed by atoms with E-state index in [0.717, 1.165) is 36.0 Å². The van der Waals surface area contributed by atoms with Gasteiger partial charge in [-0.05, 0) is 56.3 Å². The largest absolute Gasteiger partial charge is 0.468 e. The lowest BCUT2D eigenvalue weighted by Crippen LogP contribution is -2.38. The van der Waals surface area contributed by atoms with Gasteiger partial charge >= 0.3 is 6.03 Å². The predicted molar refractivity (Wildman–Crippen MR) is 107 cm³/mol. The van der Waals surface area contributed by atoms with Gasteiger partial charge in [-0.25, -0.2) is 17.5 Å². The summed E-state index contributed by atoms with van der Waals surface area (Å²) in [6, 6.07) is 9.53. The van der Waals surface area contributed by atoms with Crippen molar-refractivity contribution in [3.05, 3.63) is 48.4 Å². The lowest BCUT2D eigenvalue weighted by atomic mass is 10.2. The minimum absolute atomic E-state index is 0.0243. The van der Waals surface area contributed by atoms with E-state index in [1.165, 1.54) is 26.2 Å². The topological polar surface area (TPSA) is 94.9 Å². The number of likely N-dealkylation sites (tertiary alicyclic amines) is 1. The molecule has 9 heteroatoms. The van der Waals surface area contributed by atoms with Crippen LogP contribution in [-0.2, 0) is 10.0 Å². The van der Waals surface area contributed by atoms with Gasteiger partial charge in [0.25, 0.3) is 0 Å². The number of carbonyl (C=O) groups is 1. The van der Waals surface area contributed by atoms with Gasteiger partial charge in [-0.1, -0.05) is 6.07 Å². The maximum absolute atomic E-state index is 12.4. The molecule has 0 saturated carbocycles. The smallest absolute Gasteiger partial charge is 0.319 e. The molecule has 1 atom stereocenters. The fourth-order valence-corrected chi connectivity index (χ4v) is 4.20. The monoisotopic (exact) mass is 406 g/mol. The molecule has 0 spiro atoms. The first kappa shape index (κ1) is 20.4. The zero-order valence-corrected chi connectivity index (χ0v) is 16.9. The number of carbonyl (C=O) groups excluding carboxylic acids is 1. The van der Waals surface area contributed by atoms with Crippen molar-refractivity contribution in [2.75, 3.05) is 39.0 Å². The Morgan fingerprint density at radius 2 is 1.96 bits per heavy atom. The van der Waals surface area contributed by atoms with E-state index in [2.05, 4.69) is 15.5 Å². The maximum atomic E-state index is 12.4. The van der Waals surface area contributed by atoms with Crippen molar-refractivity contribution >= 4 is 21.7 Å². The molecule has 8 nitrogen and oxygen atoms in total. The van der Waals surface area contributed by atoms with Crippen LogP contribution in [0.4, 0.5) is 10.5 Å². The van der Waals surface area contributed by atoms with Gasteiger partial charge in [0.2, 0.25) is 10.0 Å². The second-order valence-electron chi connectivity index (χ2n) is 6.92. The van der Waals surface area contributed by atoms with Gasteiger partial charge in [0, 0.05) is 26.3 Å². The number of sulfonamides is 1. The Labute approximate surface area is 165 Å². The van der Waals surface area contributed by atoms with Gasteiger partial charge in [-0.15, -0.1) is 0 Å². The highest BCUT2D eigenvalue weighted by Gasteiger charge is 2.26. The molecule has 2 amide bonds. The number of urea groups is 1. The van der Waals surface area contributed by atoms with Crippen molar-refractivity contribution in [2.45, 2.75) is 23.8 Å². The summed E-state index contributed by atoms with van der Waals surface area (Å²) in [4.78, 5) is 14.8. The lowest BCUT2D eigenvalue weighted by molar-refractivity contribution is 0.207. The van der Waals surface area contributed by atoms with Gasteiger partial charge in [0.1, 0.15) is 5.76 Å². The zero-order valence-electron chi connectivity index (χ0n) is 16.1. The highest BCUT2D eigenvalue weighted by atomic mass is 32.2. The number of furan rings is 1. The van der Waals surface area contributed by atoms with Crippen LogP contribution >= 0.6 is 0 Å². The number of benzene rings is 1. The van der Waals surface area contributed by atoms with Crippen LogP contribution in [0.3, 0.4) is 0 Å². The average Bonchev–Trinajstić information content (AvgIpc) is 3.36. The molecule has 0 bridgehead atoms. The molecule has 1 aromatic heterocycles. The standard InChI is InChI=1S/C19H26N4O4S/c1-22(2)28(25,26)16-8-5-7-15(13-16)21-19(24)20-14-17(18-9-6-12-27-18)23-10-3-4-11-23/h5-9,12-13,17H,3-4,10-11,14H2,1-2H3,(H2,20,21,24). The second kappa shape index (κ2) is 8.76. The summed E-state index contributed by atoms with van der Waals surface area (Å²) >= 11 is 0. The summed E-state index contributed by atoms with van der Waals surface area (Å²) < 4.78 is 31.2. The predicted octanol–water partition coefficient (Wildman–Crippen LogP) is 2.49. The molecule has 2 aromatic rings.